The van der Waals surface area contributed by atoms with Gasteiger partial charge in [0.05, 0.1) is 29.1 Å². The Balaban J connectivity index is 2.01. The summed E-state index contributed by atoms with van der Waals surface area (Å²) in [7, 11) is 3.14. The molecule has 0 aliphatic carbocycles. The number of carbonyl (C=O) groups excluding carboxylic acids is 1. The number of fused-ring (bicyclic) bond motifs is 1. The van der Waals surface area contributed by atoms with Crippen LogP contribution in [0.1, 0.15) is 29.8 Å². The molecule has 3 heterocycles. The molecule has 9 heteroatoms. The van der Waals surface area contributed by atoms with Crippen LogP contribution in [-0.2, 0) is 16.6 Å². The molecule has 4 rings (SSSR count). The number of aromatic nitrogens is 3. The third-order valence-corrected chi connectivity index (χ3v) is 6.36. The smallest absolute Gasteiger partial charge is 0.338 e. The van der Waals surface area contributed by atoms with E-state index < -0.39 is 12.0 Å². The second-order valence-corrected chi connectivity index (χ2v) is 8.38. The van der Waals surface area contributed by atoms with Crippen molar-refractivity contribution in [3.05, 3.63) is 83.3 Å². The lowest BCUT2D eigenvalue weighted by Gasteiger charge is -2.23. The highest BCUT2D eigenvalue weighted by Crippen LogP contribution is 2.32. The molecule has 7 nitrogen and oxygen atoms in total. The first-order chi connectivity index (χ1) is 14.3. The van der Waals surface area contributed by atoms with Crippen molar-refractivity contribution in [2.24, 2.45) is 12.0 Å². The molecule has 0 unspecified atom stereocenters. The summed E-state index contributed by atoms with van der Waals surface area (Å²) < 4.78 is 8.77. The van der Waals surface area contributed by atoms with E-state index in [-0.39, 0.29) is 5.56 Å². The Kier molecular flexibility index (Phi) is 5.21. The van der Waals surface area contributed by atoms with Gasteiger partial charge in [0.1, 0.15) is 6.04 Å². The van der Waals surface area contributed by atoms with Gasteiger partial charge in [-0.05, 0) is 37.6 Å². The van der Waals surface area contributed by atoms with Crippen LogP contribution < -0.4 is 14.9 Å². The molecule has 154 valence electrons. The Bertz CT molecular complexity index is 1380. The monoisotopic (exact) mass is 442 g/mol. The van der Waals surface area contributed by atoms with Crippen LogP contribution in [0.4, 0.5) is 0 Å². The Morgan fingerprint density at radius 2 is 2.10 bits per heavy atom. The predicted molar refractivity (Wildman–Crippen MR) is 115 cm³/mol. The number of aryl methyl sites for hydroxylation is 1. The molecule has 0 saturated heterocycles. The van der Waals surface area contributed by atoms with Crippen molar-refractivity contribution in [1.82, 2.24) is 14.3 Å². The molecule has 30 heavy (non-hydrogen) atoms. The topological polar surface area (TPSA) is 78.5 Å². The molecule has 0 saturated carbocycles. The third-order valence-electron chi connectivity index (χ3n) is 5.14. The first-order valence-electron chi connectivity index (χ1n) is 9.16. The van der Waals surface area contributed by atoms with Crippen LogP contribution in [0.15, 0.2) is 51.5 Å². The lowest BCUT2D eigenvalue weighted by atomic mass is 9.96. The number of allylic oxidation sites excluding steroid dienone is 1. The van der Waals surface area contributed by atoms with Crippen molar-refractivity contribution < 1.29 is 9.53 Å². The first kappa shape index (κ1) is 20.3. The summed E-state index contributed by atoms with van der Waals surface area (Å²) in [5.41, 5.74) is 3.02. The lowest BCUT2D eigenvalue weighted by molar-refractivity contribution is -0.136. The van der Waals surface area contributed by atoms with E-state index in [1.807, 2.05) is 26.1 Å². The number of ether oxygens (including phenoxy) is 1. The van der Waals surface area contributed by atoms with Crippen molar-refractivity contribution in [3.8, 4) is 0 Å². The van der Waals surface area contributed by atoms with Crippen LogP contribution in [0.3, 0.4) is 0 Å². The zero-order valence-corrected chi connectivity index (χ0v) is 18.4. The highest BCUT2D eigenvalue weighted by atomic mass is 35.5. The maximum Gasteiger partial charge on any atom is 0.338 e. The summed E-state index contributed by atoms with van der Waals surface area (Å²) in [6.07, 6.45) is 3.45. The van der Waals surface area contributed by atoms with E-state index in [9.17, 15) is 9.59 Å². The molecule has 0 N–H and O–H groups in total. The fourth-order valence-electron chi connectivity index (χ4n) is 3.52. The molecule has 0 amide bonds. The number of benzene rings is 1. The van der Waals surface area contributed by atoms with Gasteiger partial charge in [-0.25, -0.2) is 9.79 Å². The summed E-state index contributed by atoms with van der Waals surface area (Å²) >= 11 is 7.35. The van der Waals surface area contributed by atoms with Gasteiger partial charge in [-0.2, -0.15) is 5.10 Å². The van der Waals surface area contributed by atoms with E-state index in [0.29, 0.717) is 25.6 Å². The molecular formula is C21H19ClN4O3S. The van der Waals surface area contributed by atoms with Gasteiger partial charge < -0.3 is 4.74 Å². The molecule has 0 bridgehead atoms. The number of carbonyl (C=O) groups is 1. The Hall–Kier alpha value is -2.97. The van der Waals surface area contributed by atoms with Crippen LogP contribution in [0.25, 0.3) is 6.08 Å². The second kappa shape index (κ2) is 7.70. The SMILES string of the molecule is COC(=O)C1=C(C)N=c2s/c(=C/c3cccc(Cl)c3)c(=O)n2[C@@H]1c1cnn(C)c1C. The lowest BCUT2D eigenvalue weighted by Crippen LogP contribution is -2.40. The average Bonchev–Trinajstić information content (AvgIpc) is 3.19. The maximum atomic E-state index is 13.4. The van der Waals surface area contributed by atoms with Crippen LogP contribution in [0.2, 0.25) is 5.02 Å². The van der Waals surface area contributed by atoms with E-state index in [1.54, 1.807) is 40.6 Å². The van der Waals surface area contributed by atoms with E-state index >= 15 is 0 Å². The van der Waals surface area contributed by atoms with Crippen molar-refractivity contribution in [2.45, 2.75) is 19.9 Å². The minimum atomic E-state index is -0.663. The number of rotatable bonds is 3. The Labute approximate surface area is 181 Å². The summed E-state index contributed by atoms with van der Waals surface area (Å²) in [4.78, 5) is 31.1. The fraction of sp³-hybridized carbons (Fsp3) is 0.238. The number of methoxy groups -OCH3 is 1. The molecule has 0 fully saturated rings. The molecule has 0 spiro atoms. The zero-order chi connectivity index (χ0) is 21.6. The minimum absolute atomic E-state index is 0.235. The summed E-state index contributed by atoms with van der Waals surface area (Å²) in [5.74, 6) is -0.520. The predicted octanol–water partition coefficient (Wildman–Crippen LogP) is 2.10. The van der Waals surface area contributed by atoms with Gasteiger partial charge >= 0.3 is 5.97 Å². The number of halogens is 1. The van der Waals surface area contributed by atoms with Crippen molar-refractivity contribution in [1.29, 1.82) is 0 Å². The molecule has 1 aliphatic rings. The van der Waals surface area contributed by atoms with E-state index in [4.69, 9.17) is 16.3 Å². The van der Waals surface area contributed by atoms with Crippen molar-refractivity contribution >= 4 is 35.0 Å². The van der Waals surface area contributed by atoms with Gasteiger partial charge in [-0.15, -0.1) is 0 Å². The second-order valence-electron chi connectivity index (χ2n) is 6.94. The van der Waals surface area contributed by atoms with Gasteiger partial charge in [-0.3, -0.25) is 14.0 Å². The molecule has 1 aliphatic heterocycles. The van der Waals surface area contributed by atoms with E-state index in [1.165, 1.54) is 18.4 Å². The van der Waals surface area contributed by atoms with E-state index in [2.05, 4.69) is 10.1 Å². The van der Waals surface area contributed by atoms with Gasteiger partial charge in [0.25, 0.3) is 5.56 Å². The quantitative estimate of drug-likeness (QED) is 0.582. The molecule has 1 atom stereocenters. The number of esters is 1. The number of hydrogen-bond donors (Lipinski definition) is 0. The normalized spacial score (nSPS) is 16.4. The average molecular weight is 443 g/mol. The van der Waals surface area contributed by atoms with Gasteiger partial charge in [0.2, 0.25) is 0 Å². The molecule has 3 aromatic rings. The van der Waals surface area contributed by atoms with Crippen LogP contribution in [0, 0.1) is 6.92 Å². The summed E-state index contributed by atoms with van der Waals surface area (Å²) in [5, 5.41) is 4.89. The van der Waals surface area contributed by atoms with Crippen molar-refractivity contribution in [3.63, 3.8) is 0 Å². The van der Waals surface area contributed by atoms with Crippen LogP contribution in [0.5, 0.6) is 0 Å². The third kappa shape index (κ3) is 3.32. The standard InChI is InChI=1S/C21H19ClN4O3S/c1-11-17(20(28)29-4)18(15-10-23-25(3)12(15)2)26-19(27)16(30-21(26)24-11)9-13-6-5-7-14(22)8-13/h5-10,18H,1-4H3/b16-9+/t18-/m1/s1. The Morgan fingerprint density at radius 3 is 2.73 bits per heavy atom. The largest absolute Gasteiger partial charge is 0.466 e. The molecule has 1 aromatic carbocycles. The fourth-order valence-corrected chi connectivity index (χ4v) is 4.76. The first-order valence-corrected chi connectivity index (χ1v) is 10.4. The molecular weight excluding hydrogens is 424 g/mol. The highest BCUT2D eigenvalue weighted by Gasteiger charge is 2.34. The molecule has 2 aromatic heterocycles. The Morgan fingerprint density at radius 1 is 1.33 bits per heavy atom. The van der Waals surface area contributed by atoms with Crippen LogP contribution >= 0.6 is 22.9 Å². The minimum Gasteiger partial charge on any atom is -0.466 e. The summed E-state index contributed by atoms with van der Waals surface area (Å²) in [6.45, 7) is 3.65. The van der Waals surface area contributed by atoms with Gasteiger partial charge in [-0.1, -0.05) is 35.1 Å². The van der Waals surface area contributed by atoms with Crippen molar-refractivity contribution in [2.75, 3.05) is 7.11 Å². The summed E-state index contributed by atoms with van der Waals surface area (Å²) in [6, 6.07) is 6.60. The van der Waals surface area contributed by atoms with Gasteiger partial charge in [0.15, 0.2) is 4.80 Å². The zero-order valence-electron chi connectivity index (χ0n) is 16.8. The maximum absolute atomic E-state index is 13.4. The van der Waals surface area contributed by atoms with Gasteiger partial charge in [0, 0.05) is 23.3 Å². The number of thiazole rings is 1. The van der Waals surface area contributed by atoms with Crippen LogP contribution in [-0.4, -0.2) is 27.4 Å². The number of hydrogen-bond acceptors (Lipinski definition) is 6. The highest BCUT2D eigenvalue weighted by molar-refractivity contribution is 7.07. The van der Waals surface area contributed by atoms with E-state index in [0.717, 1.165) is 16.8 Å². The number of nitrogens with zero attached hydrogens (tertiary/aromatic N) is 4. The molecule has 0 radical (unpaired) electrons.